The zero-order valence-corrected chi connectivity index (χ0v) is 10.6. The molecule has 0 amide bonds. The van der Waals surface area contributed by atoms with Gasteiger partial charge in [0, 0.05) is 13.2 Å². The van der Waals surface area contributed by atoms with Crippen LogP contribution in [0, 0.1) is 5.92 Å². The number of methoxy groups -OCH3 is 1. The minimum absolute atomic E-state index is 0.419. The molecule has 2 atom stereocenters. The number of rotatable bonds is 9. The van der Waals surface area contributed by atoms with Gasteiger partial charge >= 0.3 is 0 Å². The summed E-state index contributed by atoms with van der Waals surface area (Å²) in [6.45, 7) is 5.59. The molecule has 90 valence electrons. The first-order chi connectivity index (χ1) is 7.31. The summed E-state index contributed by atoms with van der Waals surface area (Å²) < 4.78 is 5.62. The molecule has 0 aromatic heterocycles. The van der Waals surface area contributed by atoms with E-state index < -0.39 is 0 Å². The summed E-state index contributed by atoms with van der Waals surface area (Å²) in [5.41, 5.74) is 0. The van der Waals surface area contributed by atoms with Crippen molar-refractivity contribution in [2.24, 2.45) is 5.92 Å². The maximum absolute atomic E-state index is 5.62. The van der Waals surface area contributed by atoms with Crippen molar-refractivity contribution < 1.29 is 4.74 Å². The lowest BCUT2D eigenvalue weighted by Gasteiger charge is -2.27. The van der Waals surface area contributed by atoms with E-state index in [0.717, 1.165) is 12.5 Å². The standard InChI is InChI=1S/C13H27NO/c1-4-6-13(15-3)12(14-9-5-2)10-11-7-8-11/h11-14H,4-10H2,1-3H3. The molecule has 0 heterocycles. The second kappa shape index (κ2) is 7.24. The summed E-state index contributed by atoms with van der Waals surface area (Å²) in [6.07, 6.45) is 8.22. The summed E-state index contributed by atoms with van der Waals surface area (Å²) >= 11 is 0. The van der Waals surface area contributed by atoms with Gasteiger partial charge in [0.25, 0.3) is 0 Å². The smallest absolute Gasteiger partial charge is 0.0724 e. The van der Waals surface area contributed by atoms with E-state index >= 15 is 0 Å². The lowest BCUT2D eigenvalue weighted by atomic mass is 10.0. The Morgan fingerprint density at radius 2 is 2.00 bits per heavy atom. The Hall–Kier alpha value is -0.0800. The zero-order chi connectivity index (χ0) is 11.1. The van der Waals surface area contributed by atoms with E-state index in [9.17, 15) is 0 Å². The first-order valence-electron chi connectivity index (χ1n) is 6.57. The maximum atomic E-state index is 5.62. The fraction of sp³-hybridized carbons (Fsp3) is 1.00. The third-order valence-corrected chi connectivity index (χ3v) is 3.27. The molecule has 1 fully saturated rings. The van der Waals surface area contributed by atoms with Gasteiger partial charge < -0.3 is 10.1 Å². The molecule has 2 nitrogen and oxygen atoms in total. The van der Waals surface area contributed by atoms with Gasteiger partial charge in [-0.25, -0.2) is 0 Å². The van der Waals surface area contributed by atoms with Crippen LogP contribution in [0.5, 0.6) is 0 Å². The van der Waals surface area contributed by atoms with Crippen LogP contribution in [0.25, 0.3) is 0 Å². The Labute approximate surface area is 94.8 Å². The van der Waals surface area contributed by atoms with Gasteiger partial charge in [-0.1, -0.05) is 33.1 Å². The van der Waals surface area contributed by atoms with Crippen molar-refractivity contribution in [3.63, 3.8) is 0 Å². The van der Waals surface area contributed by atoms with Crippen LogP contribution in [-0.2, 0) is 4.74 Å². The third-order valence-electron chi connectivity index (χ3n) is 3.27. The summed E-state index contributed by atoms with van der Waals surface area (Å²) in [5.74, 6) is 0.980. The lowest BCUT2D eigenvalue weighted by molar-refractivity contribution is 0.0563. The average Bonchev–Trinajstić information content (AvgIpc) is 3.05. The Morgan fingerprint density at radius 3 is 2.47 bits per heavy atom. The van der Waals surface area contributed by atoms with Crippen LogP contribution in [0.2, 0.25) is 0 Å². The summed E-state index contributed by atoms with van der Waals surface area (Å²) in [5, 5.41) is 3.65. The molecule has 0 aromatic rings. The molecule has 1 N–H and O–H groups in total. The SMILES string of the molecule is CCCNC(CC1CC1)C(CCC)OC. The van der Waals surface area contributed by atoms with Gasteiger partial charge in [0.15, 0.2) is 0 Å². The van der Waals surface area contributed by atoms with E-state index in [0.29, 0.717) is 12.1 Å². The van der Waals surface area contributed by atoms with Crippen LogP contribution < -0.4 is 5.32 Å². The molecule has 0 aromatic carbocycles. The maximum Gasteiger partial charge on any atom is 0.0724 e. The Bertz CT molecular complexity index is 157. The molecule has 0 spiro atoms. The van der Waals surface area contributed by atoms with Gasteiger partial charge in [0.1, 0.15) is 0 Å². The van der Waals surface area contributed by atoms with Gasteiger partial charge in [-0.2, -0.15) is 0 Å². The van der Waals surface area contributed by atoms with E-state index in [1.807, 2.05) is 7.11 Å². The molecule has 15 heavy (non-hydrogen) atoms. The second-order valence-corrected chi connectivity index (χ2v) is 4.80. The second-order valence-electron chi connectivity index (χ2n) is 4.80. The van der Waals surface area contributed by atoms with E-state index in [-0.39, 0.29) is 0 Å². The number of hydrogen-bond donors (Lipinski definition) is 1. The predicted octanol–water partition coefficient (Wildman–Crippen LogP) is 2.97. The van der Waals surface area contributed by atoms with Crippen molar-refractivity contribution >= 4 is 0 Å². The lowest BCUT2D eigenvalue weighted by Crippen LogP contribution is -2.41. The minimum atomic E-state index is 0.419. The van der Waals surface area contributed by atoms with Crippen LogP contribution >= 0.6 is 0 Å². The molecule has 0 radical (unpaired) electrons. The first kappa shape index (κ1) is 13.0. The van der Waals surface area contributed by atoms with Crippen LogP contribution in [0.4, 0.5) is 0 Å². The van der Waals surface area contributed by atoms with E-state index in [1.54, 1.807) is 0 Å². The van der Waals surface area contributed by atoms with Crippen molar-refractivity contribution in [1.29, 1.82) is 0 Å². The molecule has 2 unspecified atom stereocenters. The molecule has 1 aliphatic carbocycles. The minimum Gasteiger partial charge on any atom is -0.380 e. The third kappa shape index (κ3) is 4.98. The molecule has 0 aliphatic heterocycles. The monoisotopic (exact) mass is 213 g/mol. The molecule has 1 saturated carbocycles. The summed E-state index contributed by atoms with van der Waals surface area (Å²) in [4.78, 5) is 0. The Balaban J connectivity index is 2.35. The van der Waals surface area contributed by atoms with Crippen molar-refractivity contribution in [2.45, 2.75) is 64.5 Å². The molecular weight excluding hydrogens is 186 g/mol. The van der Waals surface area contributed by atoms with Crippen molar-refractivity contribution in [1.82, 2.24) is 5.32 Å². The molecule has 0 bridgehead atoms. The highest BCUT2D eigenvalue weighted by Crippen LogP contribution is 2.34. The fourth-order valence-electron chi connectivity index (χ4n) is 2.18. The first-order valence-corrected chi connectivity index (χ1v) is 6.57. The van der Waals surface area contributed by atoms with E-state index in [1.165, 1.54) is 38.5 Å². The topological polar surface area (TPSA) is 21.3 Å². The highest BCUT2D eigenvalue weighted by atomic mass is 16.5. The quantitative estimate of drug-likeness (QED) is 0.636. The van der Waals surface area contributed by atoms with Gasteiger partial charge in [-0.15, -0.1) is 0 Å². The molecule has 1 aliphatic rings. The summed E-state index contributed by atoms with van der Waals surface area (Å²) in [7, 11) is 1.86. The number of nitrogens with one attached hydrogen (secondary N) is 1. The fourth-order valence-corrected chi connectivity index (χ4v) is 2.18. The summed E-state index contributed by atoms with van der Waals surface area (Å²) in [6, 6.07) is 0.586. The van der Waals surface area contributed by atoms with E-state index in [2.05, 4.69) is 19.2 Å². The van der Waals surface area contributed by atoms with Crippen LogP contribution in [0.1, 0.15) is 52.4 Å². The molecule has 0 saturated heterocycles. The normalized spacial score (nSPS) is 20.2. The van der Waals surface area contributed by atoms with Crippen molar-refractivity contribution in [2.75, 3.05) is 13.7 Å². The number of ether oxygens (including phenoxy) is 1. The van der Waals surface area contributed by atoms with Gasteiger partial charge in [-0.3, -0.25) is 0 Å². The highest BCUT2D eigenvalue weighted by Gasteiger charge is 2.29. The largest absolute Gasteiger partial charge is 0.380 e. The average molecular weight is 213 g/mol. The Kier molecular flexibility index (Phi) is 6.26. The van der Waals surface area contributed by atoms with Gasteiger partial charge in [-0.05, 0) is 31.7 Å². The van der Waals surface area contributed by atoms with Crippen LogP contribution in [-0.4, -0.2) is 25.8 Å². The number of hydrogen-bond acceptors (Lipinski definition) is 2. The highest BCUT2D eigenvalue weighted by molar-refractivity contribution is 4.85. The van der Waals surface area contributed by atoms with E-state index in [4.69, 9.17) is 4.74 Å². The zero-order valence-electron chi connectivity index (χ0n) is 10.6. The van der Waals surface area contributed by atoms with Crippen molar-refractivity contribution in [3.8, 4) is 0 Å². The van der Waals surface area contributed by atoms with Gasteiger partial charge in [0.05, 0.1) is 6.10 Å². The van der Waals surface area contributed by atoms with Crippen molar-refractivity contribution in [3.05, 3.63) is 0 Å². The Morgan fingerprint density at radius 1 is 1.27 bits per heavy atom. The molecular formula is C13H27NO. The van der Waals surface area contributed by atoms with Gasteiger partial charge in [0.2, 0.25) is 0 Å². The molecule has 2 heteroatoms. The van der Waals surface area contributed by atoms with Crippen LogP contribution in [0.3, 0.4) is 0 Å². The van der Waals surface area contributed by atoms with Crippen LogP contribution in [0.15, 0.2) is 0 Å². The molecule has 1 rings (SSSR count). The predicted molar refractivity (Wildman–Crippen MR) is 65.1 cm³/mol.